The van der Waals surface area contributed by atoms with Gasteiger partial charge in [-0.2, -0.15) is 0 Å². The van der Waals surface area contributed by atoms with E-state index >= 15 is 0 Å². The summed E-state index contributed by atoms with van der Waals surface area (Å²) in [6, 6.07) is 0. The highest BCUT2D eigenvalue weighted by atomic mass is 16.4. The number of carboxylic acids is 1. The Morgan fingerprint density at radius 3 is 2.26 bits per heavy atom. The highest BCUT2D eigenvalue weighted by Crippen LogP contribution is 2.69. The molecule has 0 aromatic carbocycles. The number of hydrogen-bond donors (Lipinski definition) is 3. The first-order valence-electron chi connectivity index (χ1n) is 13.1. The average Bonchev–Trinajstić information content (AvgIpc) is 3.06. The maximum absolute atomic E-state index is 11.7. The molecule has 4 rings (SSSR count). The topological polar surface area (TPSA) is 77.8 Å². The Bertz CT molecular complexity index is 678. The van der Waals surface area contributed by atoms with Crippen LogP contribution in [0.4, 0.5) is 0 Å². The second-order valence-electron chi connectivity index (χ2n) is 12.6. The average molecular weight is 435 g/mol. The third kappa shape index (κ3) is 3.59. The second-order valence-corrected chi connectivity index (χ2v) is 12.6. The summed E-state index contributed by atoms with van der Waals surface area (Å²) in [6.07, 6.45) is 8.95. The highest BCUT2D eigenvalue weighted by molar-refractivity contribution is 5.69. The molecule has 0 saturated heterocycles. The van der Waals surface area contributed by atoms with Gasteiger partial charge < -0.3 is 15.3 Å². The Labute approximate surface area is 189 Å². The Morgan fingerprint density at radius 1 is 0.968 bits per heavy atom. The van der Waals surface area contributed by atoms with Crippen molar-refractivity contribution in [2.45, 2.75) is 105 Å². The molecule has 4 nitrogen and oxygen atoms in total. The molecule has 4 aliphatic rings. The molecule has 31 heavy (non-hydrogen) atoms. The molecule has 1 unspecified atom stereocenters. The molecular formula is C27H46O4. The highest BCUT2D eigenvalue weighted by Gasteiger charge is 2.64. The van der Waals surface area contributed by atoms with Gasteiger partial charge in [0.2, 0.25) is 0 Å². The molecule has 4 aliphatic carbocycles. The van der Waals surface area contributed by atoms with E-state index in [1.165, 1.54) is 25.7 Å². The van der Waals surface area contributed by atoms with Crippen LogP contribution in [0.5, 0.6) is 0 Å². The van der Waals surface area contributed by atoms with Gasteiger partial charge >= 0.3 is 5.97 Å². The van der Waals surface area contributed by atoms with Crippen LogP contribution < -0.4 is 0 Å². The van der Waals surface area contributed by atoms with Crippen molar-refractivity contribution in [1.82, 2.24) is 0 Å². The van der Waals surface area contributed by atoms with Crippen LogP contribution >= 0.6 is 0 Å². The van der Waals surface area contributed by atoms with Gasteiger partial charge in [0.15, 0.2) is 0 Å². The summed E-state index contributed by atoms with van der Waals surface area (Å²) in [5.74, 6) is 2.23. The molecule has 4 saturated carbocycles. The zero-order chi connectivity index (χ0) is 22.7. The number of fused-ring (bicyclic) bond motifs is 5. The predicted octanol–water partition coefficient (Wildman–Crippen LogP) is 5.36. The number of carboxylic acid groups (broad SMARTS) is 1. The van der Waals surface area contributed by atoms with Crippen LogP contribution in [-0.4, -0.2) is 33.5 Å². The van der Waals surface area contributed by atoms with Crippen LogP contribution in [0, 0.1) is 58.2 Å². The van der Waals surface area contributed by atoms with Gasteiger partial charge in [-0.1, -0.05) is 41.0 Å². The maximum Gasteiger partial charge on any atom is 0.306 e. The van der Waals surface area contributed by atoms with E-state index in [1.54, 1.807) is 0 Å². The molecule has 0 heterocycles. The molecule has 3 N–H and O–H groups in total. The number of rotatable bonds is 5. The molecule has 0 aromatic rings. The van der Waals surface area contributed by atoms with Crippen molar-refractivity contribution in [3.05, 3.63) is 0 Å². The van der Waals surface area contributed by atoms with Gasteiger partial charge in [0.1, 0.15) is 0 Å². The monoisotopic (exact) mass is 434 g/mol. The fourth-order valence-corrected chi connectivity index (χ4v) is 9.76. The largest absolute Gasteiger partial charge is 0.481 e. The molecule has 0 bridgehead atoms. The lowest BCUT2D eigenvalue weighted by Gasteiger charge is -2.64. The van der Waals surface area contributed by atoms with E-state index in [9.17, 15) is 20.1 Å². The van der Waals surface area contributed by atoms with Crippen LogP contribution in [0.15, 0.2) is 0 Å². The third-order valence-corrected chi connectivity index (χ3v) is 11.3. The number of aliphatic hydroxyl groups excluding tert-OH is 2. The molecule has 0 aliphatic heterocycles. The van der Waals surface area contributed by atoms with Gasteiger partial charge in [0, 0.05) is 0 Å². The van der Waals surface area contributed by atoms with Gasteiger partial charge in [0.25, 0.3) is 0 Å². The fraction of sp³-hybridized carbons (Fsp3) is 0.963. The maximum atomic E-state index is 11.7. The lowest BCUT2D eigenvalue weighted by atomic mass is 9.41. The van der Waals surface area contributed by atoms with Gasteiger partial charge in [-0.05, 0) is 104 Å². The molecule has 4 heteroatoms. The molecule has 0 aromatic heterocycles. The first-order chi connectivity index (χ1) is 14.5. The molecule has 4 fully saturated rings. The van der Waals surface area contributed by atoms with Crippen LogP contribution in [0.2, 0.25) is 0 Å². The Kier molecular flexibility index (Phi) is 6.31. The van der Waals surface area contributed by atoms with Crippen molar-refractivity contribution in [2.24, 2.45) is 58.2 Å². The fourth-order valence-electron chi connectivity index (χ4n) is 9.76. The molecule has 12 atom stereocenters. The quantitative estimate of drug-likeness (QED) is 0.544. The van der Waals surface area contributed by atoms with E-state index in [0.29, 0.717) is 41.4 Å². The van der Waals surface area contributed by atoms with Crippen molar-refractivity contribution < 1.29 is 20.1 Å². The Balaban J connectivity index is 1.61. The summed E-state index contributed by atoms with van der Waals surface area (Å²) in [6.45, 7) is 11.3. The van der Waals surface area contributed by atoms with Crippen molar-refractivity contribution in [3.63, 3.8) is 0 Å². The first-order valence-corrected chi connectivity index (χ1v) is 13.1. The molecular weight excluding hydrogens is 388 g/mol. The summed E-state index contributed by atoms with van der Waals surface area (Å²) in [7, 11) is 0. The van der Waals surface area contributed by atoms with Crippen molar-refractivity contribution >= 4 is 5.97 Å². The van der Waals surface area contributed by atoms with E-state index < -0.39 is 5.97 Å². The summed E-state index contributed by atoms with van der Waals surface area (Å²) in [4.78, 5) is 11.5. The number of aliphatic carboxylic acids is 1. The normalized spacial score (nSPS) is 51.3. The lowest BCUT2D eigenvalue weighted by molar-refractivity contribution is -0.203. The zero-order valence-corrected chi connectivity index (χ0v) is 20.4. The van der Waals surface area contributed by atoms with E-state index in [2.05, 4.69) is 27.7 Å². The number of hydrogen-bond acceptors (Lipinski definition) is 3. The van der Waals surface area contributed by atoms with Crippen LogP contribution in [-0.2, 0) is 4.79 Å². The summed E-state index contributed by atoms with van der Waals surface area (Å²) in [5, 5.41) is 31.6. The predicted molar refractivity (Wildman–Crippen MR) is 122 cm³/mol. The van der Waals surface area contributed by atoms with E-state index in [4.69, 9.17) is 0 Å². The standard InChI is InChI=1S/C27H46O4/c1-6-18-22-14-17(28)9-11-27(22,5)21-10-12-26(4)19(15(2)13-16(3)25(30)31)7-8-20(26)23(21)24(18)29/h15-24,28-29H,6-14H2,1-5H3,(H,30,31)/t15-,16+,17-,18+,19-,20+,21+,22?,23+,24-,26-,27-/m1/s1. The minimum absolute atomic E-state index is 0.197. The van der Waals surface area contributed by atoms with Crippen molar-refractivity contribution in [1.29, 1.82) is 0 Å². The molecule has 0 radical (unpaired) electrons. The van der Waals surface area contributed by atoms with E-state index in [1.807, 2.05) is 6.92 Å². The molecule has 0 amide bonds. The molecule has 0 spiro atoms. The summed E-state index contributed by atoms with van der Waals surface area (Å²) in [5.41, 5.74) is 0.460. The van der Waals surface area contributed by atoms with Gasteiger partial charge in [0.05, 0.1) is 18.1 Å². The van der Waals surface area contributed by atoms with E-state index in [-0.39, 0.29) is 29.0 Å². The minimum Gasteiger partial charge on any atom is -0.481 e. The van der Waals surface area contributed by atoms with Crippen molar-refractivity contribution in [2.75, 3.05) is 0 Å². The van der Waals surface area contributed by atoms with Gasteiger partial charge in [-0.25, -0.2) is 0 Å². The Hall–Kier alpha value is -0.610. The summed E-state index contributed by atoms with van der Waals surface area (Å²) >= 11 is 0. The van der Waals surface area contributed by atoms with Gasteiger partial charge in [-0.15, -0.1) is 0 Å². The summed E-state index contributed by atoms with van der Waals surface area (Å²) < 4.78 is 0. The molecule has 178 valence electrons. The number of aliphatic hydroxyl groups is 2. The zero-order valence-electron chi connectivity index (χ0n) is 20.4. The second kappa shape index (κ2) is 8.31. The van der Waals surface area contributed by atoms with Crippen LogP contribution in [0.1, 0.15) is 92.4 Å². The number of carbonyl (C=O) groups is 1. The van der Waals surface area contributed by atoms with E-state index in [0.717, 1.165) is 32.1 Å². The SMILES string of the molecule is CC[C@H]1C2C[C@H](O)CC[C@]2(C)[C@H]2CC[C@]3(C)[C@@H]([C@H](C)C[C@H](C)C(=O)O)CC[C@H]3[C@@H]2[C@@H]1O. The van der Waals surface area contributed by atoms with Crippen LogP contribution in [0.25, 0.3) is 0 Å². The minimum atomic E-state index is -0.679. The van der Waals surface area contributed by atoms with Gasteiger partial charge in [-0.3, -0.25) is 4.79 Å². The smallest absolute Gasteiger partial charge is 0.306 e. The van der Waals surface area contributed by atoms with Crippen LogP contribution in [0.3, 0.4) is 0 Å². The Morgan fingerprint density at radius 2 is 1.61 bits per heavy atom. The third-order valence-electron chi connectivity index (χ3n) is 11.3. The lowest BCUT2D eigenvalue weighted by Crippen LogP contribution is -2.62. The first kappa shape index (κ1) is 23.5. The van der Waals surface area contributed by atoms with Crippen molar-refractivity contribution in [3.8, 4) is 0 Å².